The molecule has 0 bridgehead atoms. The Morgan fingerprint density at radius 3 is 2.56 bits per heavy atom. The summed E-state index contributed by atoms with van der Waals surface area (Å²) in [5.41, 5.74) is 9.91. The van der Waals surface area contributed by atoms with E-state index in [2.05, 4.69) is 29.4 Å². The molecule has 2 aromatic carbocycles. The third-order valence-corrected chi connectivity index (χ3v) is 3.87. The van der Waals surface area contributed by atoms with Crippen LogP contribution >= 0.6 is 0 Å². The van der Waals surface area contributed by atoms with E-state index in [9.17, 15) is 4.79 Å². The molecule has 0 aliphatic carbocycles. The van der Waals surface area contributed by atoms with Crippen molar-refractivity contribution in [3.63, 3.8) is 0 Å². The molecular weight excluding hydrogens is 312 g/mol. The summed E-state index contributed by atoms with van der Waals surface area (Å²) in [4.78, 5) is 17.9. The maximum Gasteiger partial charge on any atom is 0.253 e. The number of nitrogens with two attached hydrogens (primary N) is 1. The molecule has 5 nitrogen and oxygen atoms in total. The third-order valence-electron chi connectivity index (χ3n) is 3.87. The van der Waals surface area contributed by atoms with Crippen molar-refractivity contribution in [1.82, 2.24) is 4.90 Å². The molecule has 0 heterocycles. The zero-order valence-electron chi connectivity index (χ0n) is 15.1. The Bertz CT molecular complexity index is 753. The van der Waals surface area contributed by atoms with E-state index < -0.39 is 0 Å². The Kier molecular flexibility index (Phi) is 6.57. The van der Waals surface area contributed by atoms with E-state index in [1.54, 1.807) is 19.0 Å². The first kappa shape index (κ1) is 18.5. The van der Waals surface area contributed by atoms with Crippen molar-refractivity contribution in [2.45, 2.75) is 19.8 Å². The van der Waals surface area contributed by atoms with Crippen molar-refractivity contribution < 1.29 is 4.79 Å². The van der Waals surface area contributed by atoms with E-state index in [1.165, 1.54) is 5.56 Å². The van der Waals surface area contributed by atoms with Crippen molar-refractivity contribution in [1.29, 1.82) is 0 Å². The van der Waals surface area contributed by atoms with E-state index in [0.29, 0.717) is 18.1 Å². The molecular formula is C20H26N4O. The van der Waals surface area contributed by atoms with Crippen molar-refractivity contribution >= 4 is 17.6 Å². The van der Waals surface area contributed by atoms with Crippen LogP contribution in [0.5, 0.6) is 0 Å². The van der Waals surface area contributed by atoms with Crippen molar-refractivity contribution in [2.24, 2.45) is 10.7 Å². The molecule has 0 aliphatic heterocycles. The molecule has 2 rings (SSSR count). The minimum Gasteiger partial charge on any atom is -0.370 e. The van der Waals surface area contributed by atoms with Gasteiger partial charge in [0.2, 0.25) is 0 Å². The molecule has 0 saturated heterocycles. The lowest BCUT2D eigenvalue weighted by Gasteiger charge is -2.11. The fraction of sp³-hybridized carbons (Fsp3) is 0.300. The predicted molar refractivity (Wildman–Crippen MR) is 104 cm³/mol. The number of carbonyl (C=O) groups excluding carboxylic acids is 1. The number of anilines is 1. The van der Waals surface area contributed by atoms with Gasteiger partial charge >= 0.3 is 0 Å². The molecule has 0 radical (unpaired) electrons. The number of amides is 1. The molecule has 2 aromatic rings. The maximum atomic E-state index is 12.0. The van der Waals surface area contributed by atoms with Gasteiger partial charge in [-0.2, -0.15) is 0 Å². The van der Waals surface area contributed by atoms with Gasteiger partial charge in [0.15, 0.2) is 5.96 Å². The number of aryl methyl sites for hydroxylation is 1. The number of carbonyl (C=O) groups is 1. The fourth-order valence-electron chi connectivity index (χ4n) is 2.48. The number of hydrogen-bond acceptors (Lipinski definition) is 2. The number of hydrogen-bond donors (Lipinski definition) is 2. The van der Waals surface area contributed by atoms with Crippen LogP contribution in [0.4, 0.5) is 5.69 Å². The highest BCUT2D eigenvalue weighted by Gasteiger charge is 2.07. The first-order chi connectivity index (χ1) is 12.0. The van der Waals surface area contributed by atoms with Gasteiger partial charge in [0.1, 0.15) is 0 Å². The molecule has 5 heteroatoms. The predicted octanol–water partition coefficient (Wildman–Crippen LogP) is 2.92. The second kappa shape index (κ2) is 8.87. The number of aliphatic imine (C=N–C) groups is 1. The van der Waals surface area contributed by atoms with Crippen LogP contribution < -0.4 is 11.1 Å². The van der Waals surface area contributed by atoms with Crippen LogP contribution in [0.25, 0.3) is 0 Å². The first-order valence-corrected chi connectivity index (χ1v) is 8.46. The van der Waals surface area contributed by atoms with Gasteiger partial charge < -0.3 is 16.0 Å². The maximum absolute atomic E-state index is 12.0. The van der Waals surface area contributed by atoms with Crippen LogP contribution in [-0.2, 0) is 12.8 Å². The lowest BCUT2D eigenvalue weighted by molar-refractivity contribution is 0.0827. The second-order valence-electron chi connectivity index (χ2n) is 6.10. The van der Waals surface area contributed by atoms with Gasteiger partial charge in [-0.3, -0.25) is 9.79 Å². The van der Waals surface area contributed by atoms with Crippen molar-refractivity contribution in [2.75, 3.05) is 26.0 Å². The zero-order valence-corrected chi connectivity index (χ0v) is 15.1. The first-order valence-electron chi connectivity index (χ1n) is 8.46. The van der Waals surface area contributed by atoms with Crippen LogP contribution in [0, 0.1) is 0 Å². The summed E-state index contributed by atoms with van der Waals surface area (Å²) < 4.78 is 0. The molecule has 132 valence electrons. The van der Waals surface area contributed by atoms with Gasteiger partial charge in [-0.05, 0) is 48.2 Å². The van der Waals surface area contributed by atoms with E-state index in [-0.39, 0.29) is 5.91 Å². The molecule has 0 aliphatic rings. The Labute approximate surface area is 149 Å². The quantitative estimate of drug-likeness (QED) is 0.628. The topological polar surface area (TPSA) is 70.7 Å². The van der Waals surface area contributed by atoms with Crippen molar-refractivity contribution in [3.05, 3.63) is 65.2 Å². The zero-order chi connectivity index (χ0) is 18.2. The summed E-state index contributed by atoms with van der Waals surface area (Å²) in [6.45, 7) is 2.68. The molecule has 0 unspecified atom stereocenters. The average Bonchev–Trinajstić information content (AvgIpc) is 2.61. The van der Waals surface area contributed by atoms with Gasteiger partial charge in [-0.1, -0.05) is 31.2 Å². The monoisotopic (exact) mass is 338 g/mol. The molecule has 0 atom stereocenters. The summed E-state index contributed by atoms with van der Waals surface area (Å²) in [7, 11) is 3.50. The average molecular weight is 338 g/mol. The standard InChI is InChI=1S/C20H26N4O/c1-4-15-7-6-10-18(14-15)23-20(21)22-12-11-16-8-5-9-17(13-16)19(25)24(2)3/h5-10,13-14H,4,11-12H2,1-3H3,(H3,21,22,23). The lowest BCUT2D eigenvalue weighted by Crippen LogP contribution is -2.23. The molecule has 25 heavy (non-hydrogen) atoms. The molecule has 0 aromatic heterocycles. The highest BCUT2D eigenvalue weighted by atomic mass is 16.2. The minimum atomic E-state index is 0.00216. The Hall–Kier alpha value is -2.82. The van der Waals surface area contributed by atoms with E-state index in [1.807, 2.05) is 36.4 Å². The Morgan fingerprint density at radius 2 is 1.84 bits per heavy atom. The summed E-state index contributed by atoms with van der Waals surface area (Å²) in [5, 5.41) is 3.11. The number of benzene rings is 2. The van der Waals surface area contributed by atoms with Crippen molar-refractivity contribution in [3.8, 4) is 0 Å². The van der Waals surface area contributed by atoms with Crippen LogP contribution in [0.15, 0.2) is 53.5 Å². The lowest BCUT2D eigenvalue weighted by atomic mass is 10.1. The summed E-state index contributed by atoms with van der Waals surface area (Å²) in [6, 6.07) is 15.8. The van der Waals surface area contributed by atoms with E-state index in [4.69, 9.17) is 5.73 Å². The van der Waals surface area contributed by atoms with Gasteiger partial charge in [-0.15, -0.1) is 0 Å². The van der Waals surface area contributed by atoms with Crippen LogP contribution in [-0.4, -0.2) is 37.4 Å². The van der Waals surface area contributed by atoms with Gasteiger partial charge in [0, 0.05) is 31.9 Å². The minimum absolute atomic E-state index is 0.00216. The normalized spacial score (nSPS) is 11.2. The summed E-state index contributed by atoms with van der Waals surface area (Å²) in [5.74, 6) is 0.399. The van der Waals surface area contributed by atoms with Gasteiger partial charge in [0.25, 0.3) is 5.91 Å². The van der Waals surface area contributed by atoms with E-state index >= 15 is 0 Å². The molecule has 0 spiro atoms. The smallest absolute Gasteiger partial charge is 0.253 e. The molecule has 0 saturated carbocycles. The highest BCUT2D eigenvalue weighted by molar-refractivity contribution is 5.94. The number of nitrogens with zero attached hydrogens (tertiary/aromatic N) is 2. The van der Waals surface area contributed by atoms with Gasteiger partial charge in [-0.25, -0.2) is 0 Å². The summed E-state index contributed by atoms with van der Waals surface area (Å²) in [6.07, 6.45) is 1.71. The van der Waals surface area contributed by atoms with Crippen LogP contribution in [0.3, 0.4) is 0 Å². The number of guanidine groups is 1. The largest absolute Gasteiger partial charge is 0.370 e. The van der Waals surface area contributed by atoms with Gasteiger partial charge in [0.05, 0.1) is 0 Å². The SMILES string of the molecule is CCc1cccc(NC(N)=NCCc2cccc(C(=O)N(C)C)c2)c1. The van der Waals surface area contributed by atoms with Crippen LogP contribution in [0.2, 0.25) is 0 Å². The third kappa shape index (κ3) is 5.64. The molecule has 3 N–H and O–H groups in total. The fourth-order valence-corrected chi connectivity index (χ4v) is 2.48. The van der Waals surface area contributed by atoms with E-state index in [0.717, 1.165) is 24.1 Å². The number of rotatable bonds is 6. The number of nitrogens with one attached hydrogen (secondary N) is 1. The van der Waals surface area contributed by atoms with Crippen LogP contribution in [0.1, 0.15) is 28.4 Å². The Balaban J connectivity index is 1.93. The highest BCUT2D eigenvalue weighted by Crippen LogP contribution is 2.11. The Morgan fingerprint density at radius 1 is 1.12 bits per heavy atom. The molecule has 1 amide bonds. The molecule has 0 fully saturated rings. The second-order valence-corrected chi connectivity index (χ2v) is 6.10. The summed E-state index contributed by atoms with van der Waals surface area (Å²) >= 11 is 0.